The molecule has 1 aromatic rings. The summed E-state index contributed by atoms with van der Waals surface area (Å²) in [5, 5.41) is 3.27. The number of carbonyl (C=O) groups excluding carboxylic acids is 2. The number of hydrogen-bond acceptors (Lipinski definition) is 2. The van der Waals surface area contributed by atoms with E-state index in [4.69, 9.17) is 0 Å². The smallest absolute Gasteiger partial charge is 0.224 e. The predicted octanol–water partition coefficient (Wildman–Crippen LogP) is 2.90. The summed E-state index contributed by atoms with van der Waals surface area (Å²) in [5.74, 6) is 0.468. The van der Waals surface area contributed by atoms with E-state index < -0.39 is 0 Å². The number of hydrogen-bond donors (Lipinski definition) is 1. The number of rotatable bonds is 4. The summed E-state index contributed by atoms with van der Waals surface area (Å²) >= 11 is 0. The van der Waals surface area contributed by atoms with Crippen molar-refractivity contribution < 1.29 is 9.59 Å². The van der Waals surface area contributed by atoms with Crippen molar-refractivity contribution in [2.45, 2.75) is 44.6 Å². The molecule has 0 aromatic heterocycles. The molecule has 2 atom stereocenters. The Morgan fingerprint density at radius 1 is 1.17 bits per heavy atom. The lowest BCUT2D eigenvalue weighted by Gasteiger charge is -2.31. The molecule has 2 fully saturated rings. The Labute approximate surface area is 138 Å². The molecule has 4 nitrogen and oxygen atoms in total. The molecule has 1 saturated heterocycles. The van der Waals surface area contributed by atoms with Gasteiger partial charge in [0.2, 0.25) is 11.8 Å². The zero-order chi connectivity index (χ0) is 16.2. The third-order valence-corrected chi connectivity index (χ3v) is 5.36. The van der Waals surface area contributed by atoms with Crippen LogP contribution >= 0.6 is 0 Å². The van der Waals surface area contributed by atoms with Crippen LogP contribution in [-0.2, 0) is 9.59 Å². The normalized spacial score (nSPS) is 23.8. The molecule has 2 amide bonds. The molecule has 0 radical (unpaired) electrons. The number of amides is 2. The molecule has 124 valence electrons. The van der Waals surface area contributed by atoms with E-state index in [1.54, 1.807) is 4.90 Å². The van der Waals surface area contributed by atoms with E-state index in [1.165, 1.54) is 31.2 Å². The minimum atomic E-state index is -0.175. The largest absolute Gasteiger partial charge is 0.349 e. The summed E-state index contributed by atoms with van der Waals surface area (Å²) in [5.41, 5.74) is 1.19. The van der Waals surface area contributed by atoms with Gasteiger partial charge in [0.05, 0.1) is 6.04 Å². The summed E-state index contributed by atoms with van der Waals surface area (Å²) in [6.07, 6.45) is 5.94. The lowest BCUT2D eigenvalue weighted by molar-refractivity contribution is -0.139. The molecule has 1 N–H and O–H groups in total. The van der Waals surface area contributed by atoms with Crippen molar-refractivity contribution in [2.75, 3.05) is 13.6 Å². The molecule has 0 unspecified atom stereocenters. The van der Waals surface area contributed by atoms with Crippen molar-refractivity contribution in [3.63, 3.8) is 0 Å². The van der Waals surface area contributed by atoms with Crippen LogP contribution < -0.4 is 5.32 Å². The van der Waals surface area contributed by atoms with Crippen LogP contribution in [0, 0.1) is 11.8 Å². The van der Waals surface area contributed by atoms with Gasteiger partial charge in [0.15, 0.2) is 0 Å². The standard InChI is InChI=1S/C19H26N2O2/c1-21-12-11-16(13-17(21)22)19(23)20-18(15-9-5-6-10-15)14-7-3-2-4-8-14/h2-4,7-8,15-16,18H,5-6,9-13H2,1H3,(H,20,23)/t16-,18+/m1/s1. The Kier molecular flexibility index (Phi) is 4.99. The highest BCUT2D eigenvalue weighted by Gasteiger charge is 2.33. The fourth-order valence-electron chi connectivity index (χ4n) is 3.86. The Morgan fingerprint density at radius 2 is 1.87 bits per heavy atom. The van der Waals surface area contributed by atoms with Crippen molar-refractivity contribution in [1.29, 1.82) is 0 Å². The number of nitrogens with one attached hydrogen (secondary N) is 1. The lowest BCUT2D eigenvalue weighted by atomic mass is 9.89. The van der Waals surface area contributed by atoms with Gasteiger partial charge in [0.1, 0.15) is 0 Å². The second-order valence-corrected chi connectivity index (χ2v) is 6.95. The SMILES string of the molecule is CN1CC[C@@H](C(=O)N[C@@H](c2ccccc2)C2CCCC2)CC1=O. The zero-order valence-corrected chi connectivity index (χ0v) is 13.8. The number of piperidine rings is 1. The maximum Gasteiger partial charge on any atom is 0.224 e. The van der Waals surface area contributed by atoms with Gasteiger partial charge in [-0.05, 0) is 30.7 Å². The highest BCUT2D eigenvalue weighted by atomic mass is 16.2. The van der Waals surface area contributed by atoms with E-state index in [0.717, 1.165) is 6.42 Å². The first-order valence-corrected chi connectivity index (χ1v) is 8.74. The topological polar surface area (TPSA) is 49.4 Å². The van der Waals surface area contributed by atoms with Gasteiger partial charge in [0.25, 0.3) is 0 Å². The Morgan fingerprint density at radius 3 is 2.52 bits per heavy atom. The summed E-state index contributed by atoms with van der Waals surface area (Å²) in [4.78, 5) is 26.3. The highest BCUT2D eigenvalue weighted by Crippen LogP contribution is 2.36. The first-order valence-electron chi connectivity index (χ1n) is 8.74. The molecule has 4 heteroatoms. The van der Waals surface area contributed by atoms with E-state index in [0.29, 0.717) is 18.9 Å². The third-order valence-electron chi connectivity index (χ3n) is 5.36. The summed E-state index contributed by atoms with van der Waals surface area (Å²) in [6, 6.07) is 10.4. The quantitative estimate of drug-likeness (QED) is 0.929. The number of benzene rings is 1. The predicted molar refractivity (Wildman–Crippen MR) is 89.6 cm³/mol. The average Bonchev–Trinajstić information content (AvgIpc) is 3.10. The third kappa shape index (κ3) is 3.74. The fraction of sp³-hybridized carbons (Fsp3) is 0.579. The molecule has 1 aliphatic heterocycles. The highest BCUT2D eigenvalue weighted by molar-refractivity contribution is 5.87. The maximum absolute atomic E-state index is 12.7. The molecular formula is C19H26N2O2. The molecule has 23 heavy (non-hydrogen) atoms. The van der Waals surface area contributed by atoms with Gasteiger partial charge in [-0.1, -0.05) is 43.2 Å². The first kappa shape index (κ1) is 16.0. The fourth-order valence-corrected chi connectivity index (χ4v) is 3.86. The van der Waals surface area contributed by atoms with Gasteiger partial charge >= 0.3 is 0 Å². The van der Waals surface area contributed by atoms with Gasteiger partial charge < -0.3 is 10.2 Å². The summed E-state index contributed by atoms with van der Waals surface area (Å²) in [7, 11) is 1.81. The van der Waals surface area contributed by atoms with E-state index in [9.17, 15) is 9.59 Å². The summed E-state index contributed by atoms with van der Waals surface area (Å²) in [6.45, 7) is 0.677. The molecule has 1 aromatic carbocycles. The van der Waals surface area contributed by atoms with Crippen molar-refractivity contribution in [2.24, 2.45) is 11.8 Å². The van der Waals surface area contributed by atoms with E-state index in [-0.39, 0.29) is 23.8 Å². The molecule has 0 spiro atoms. The maximum atomic E-state index is 12.7. The lowest BCUT2D eigenvalue weighted by Crippen LogP contribution is -2.43. The van der Waals surface area contributed by atoms with Crippen LogP contribution in [0.5, 0.6) is 0 Å². The van der Waals surface area contributed by atoms with Crippen LogP contribution in [0.15, 0.2) is 30.3 Å². The molecule has 2 aliphatic rings. The minimum Gasteiger partial charge on any atom is -0.349 e. The first-order chi connectivity index (χ1) is 11.1. The van der Waals surface area contributed by atoms with Crippen LogP contribution in [0.1, 0.15) is 50.1 Å². The van der Waals surface area contributed by atoms with Gasteiger partial charge in [-0.2, -0.15) is 0 Å². The zero-order valence-electron chi connectivity index (χ0n) is 13.8. The molecule has 1 heterocycles. The molecular weight excluding hydrogens is 288 g/mol. The number of carbonyl (C=O) groups is 2. The van der Waals surface area contributed by atoms with Crippen LogP contribution in [-0.4, -0.2) is 30.3 Å². The van der Waals surface area contributed by atoms with Crippen LogP contribution in [0.25, 0.3) is 0 Å². The van der Waals surface area contributed by atoms with Gasteiger partial charge in [0, 0.05) is 25.9 Å². The van der Waals surface area contributed by atoms with Crippen molar-refractivity contribution in [1.82, 2.24) is 10.2 Å². The Balaban J connectivity index is 1.70. The van der Waals surface area contributed by atoms with Gasteiger partial charge in [-0.25, -0.2) is 0 Å². The van der Waals surface area contributed by atoms with Crippen molar-refractivity contribution in [3.8, 4) is 0 Å². The Bertz CT molecular complexity index is 552. The van der Waals surface area contributed by atoms with Crippen LogP contribution in [0.3, 0.4) is 0 Å². The van der Waals surface area contributed by atoms with Crippen molar-refractivity contribution >= 4 is 11.8 Å². The van der Waals surface area contributed by atoms with Crippen molar-refractivity contribution in [3.05, 3.63) is 35.9 Å². The number of likely N-dealkylation sites (tertiary alicyclic amines) is 1. The monoisotopic (exact) mass is 314 g/mol. The molecule has 0 bridgehead atoms. The Hall–Kier alpha value is -1.84. The molecule has 3 rings (SSSR count). The number of nitrogens with zero attached hydrogens (tertiary/aromatic N) is 1. The van der Waals surface area contributed by atoms with E-state index >= 15 is 0 Å². The van der Waals surface area contributed by atoms with E-state index in [2.05, 4.69) is 17.4 Å². The van der Waals surface area contributed by atoms with Gasteiger partial charge in [-0.3, -0.25) is 9.59 Å². The van der Waals surface area contributed by atoms with Crippen LogP contribution in [0.2, 0.25) is 0 Å². The average molecular weight is 314 g/mol. The molecule has 1 aliphatic carbocycles. The molecule has 1 saturated carbocycles. The summed E-state index contributed by atoms with van der Waals surface area (Å²) < 4.78 is 0. The van der Waals surface area contributed by atoms with Crippen LogP contribution in [0.4, 0.5) is 0 Å². The van der Waals surface area contributed by atoms with Gasteiger partial charge in [-0.15, -0.1) is 0 Å². The minimum absolute atomic E-state index is 0.0483. The second kappa shape index (κ2) is 7.16. The van der Waals surface area contributed by atoms with E-state index in [1.807, 2.05) is 25.2 Å². The second-order valence-electron chi connectivity index (χ2n) is 6.95.